The molecule has 2 rings (SSSR count). The lowest BCUT2D eigenvalue weighted by molar-refractivity contribution is 0.244. The highest BCUT2D eigenvalue weighted by Crippen LogP contribution is 2.19. The van der Waals surface area contributed by atoms with E-state index in [9.17, 15) is 8.42 Å². The Balaban J connectivity index is 1.78. The lowest BCUT2D eigenvalue weighted by atomic mass is 10.1. The van der Waals surface area contributed by atoms with Crippen molar-refractivity contribution in [1.29, 1.82) is 0 Å². The van der Waals surface area contributed by atoms with Gasteiger partial charge in [0, 0.05) is 13.1 Å². The summed E-state index contributed by atoms with van der Waals surface area (Å²) in [5.74, 6) is 0.323. The largest absolute Gasteiger partial charge is 0.299 e. The monoisotopic (exact) mass is 269 g/mol. The van der Waals surface area contributed by atoms with Crippen LogP contribution in [-0.2, 0) is 20.8 Å². The molecule has 100 valence electrons. The first-order chi connectivity index (χ1) is 8.53. The molecule has 5 heteroatoms. The van der Waals surface area contributed by atoms with Gasteiger partial charge in [0.1, 0.15) is 0 Å². The summed E-state index contributed by atoms with van der Waals surface area (Å²) >= 11 is 0. The van der Waals surface area contributed by atoms with Crippen molar-refractivity contribution in [1.82, 2.24) is 4.90 Å². The van der Waals surface area contributed by atoms with Crippen molar-refractivity contribution in [3.63, 3.8) is 0 Å². The Bertz CT molecular complexity index is 472. The average molecular weight is 269 g/mol. The lowest BCUT2D eigenvalue weighted by Crippen LogP contribution is -2.22. The second-order valence-corrected chi connectivity index (χ2v) is 6.51. The SMILES string of the molecule is CS(=O)(=O)OC[C@@H]1CCN(Cc2ccccc2)C1. The minimum absolute atomic E-state index is 0.310. The van der Waals surface area contributed by atoms with Crippen LogP contribution >= 0.6 is 0 Å². The highest BCUT2D eigenvalue weighted by Gasteiger charge is 2.23. The molecule has 1 aliphatic rings. The maximum atomic E-state index is 10.9. The van der Waals surface area contributed by atoms with Crippen LogP contribution < -0.4 is 0 Å². The van der Waals surface area contributed by atoms with Crippen LogP contribution in [0.3, 0.4) is 0 Å². The highest BCUT2D eigenvalue weighted by atomic mass is 32.2. The molecule has 1 aromatic rings. The third-order valence-corrected chi connectivity index (χ3v) is 3.70. The van der Waals surface area contributed by atoms with Gasteiger partial charge in [0.15, 0.2) is 0 Å². The molecule has 0 N–H and O–H groups in total. The second-order valence-electron chi connectivity index (χ2n) is 4.86. The number of rotatable bonds is 5. The molecule has 0 spiro atoms. The Morgan fingerprint density at radius 1 is 1.33 bits per heavy atom. The van der Waals surface area contributed by atoms with Crippen LogP contribution in [0.5, 0.6) is 0 Å². The molecule has 0 bridgehead atoms. The topological polar surface area (TPSA) is 46.6 Å². The predicted molar refractivity (Wildman–Crippen MR) is 70.6 cm³/mol. The minimum atomic E-state index is -3.31. The van der Waals surface area contributed by atoms with Crippen LogP contribution in [0, 0.1) is 5.92 Å². The van der Waals surface area contributed by atoms with E-state index < -0.39 is 10.1 Å². The minimum Gasteiger partial charge on any atom is -0.299 e. The fourth-order valence-electron chi connectivity index (χ4n) is 2.25. The van der Waals surface area contributed by atoms with Crippen molar-refractivity contribution >= 4 is 10.1 Å². The summed E-state index contributed by atoms with van der Waals surface area (Å²) < 4.78 is 26.7. The van der Waals surface area contributed by atoms with Crippen molar-refractivity contribution in [3.8, 4) is 0 Å². The van der Waals surface area contributed by atoms with Crippen molar-refractivity contribution in [2.75, 3.05) is 26.0 Å². The van der Waals surface area contributed by atoms with Gasteiger partial charge in [-0.25, -0.2) is 0 Å². The second kappa shape index (κ2) is 5.82. The van der Waals surface area contributed by atoms with E-state index in [-0.39, 0.29) is 0 Å². The average Bonchev–Trinajstić information content (AvgIpc) is 2.75. The number of hydrogen-bond acceptors (Lipinski definition) is 4. The molecular formula is C13H19NO3S. The van der Waals surface area contributed by atoms with E-state index in [1.165, 1.54) is 5.56 Å². The summed E-state index contributed by atoms with van der Waals surface area (Å²) in [6, 6.07) is 10.3. The molecule has 0 aromatic heterocycles. The molecule has 1 aliphatic heterocycles. The zero-order valence-corrected chi connectivity index (χ0v) is 11.4. The number of hydrogen-bond donors (Lipinski definition) is 0. The van der Waals surface area contributed by atoms with Crippen LogP contribution in [0.25, 0.3) is 0 Å². The fourth-order valence-corrected chi connectivity index (χ4v) is 2.69. The van der Waals surface area contributed by atoms with Gasteiger partial charge in [-0.05, 0) is 24.4 Å². The van der Waals surface area contributed by atoms with E-state index in [1.54, 1.807) is 0 Å². The maximum absolute atomic E-state index is 10.9. The Labute approximate surface area is 109 Å². The molecule has 1 heterocycles. The van der Waals surface area contributed by atoms with Gasteiger partial charge in [-0.3, -0.25) is 9.08 Å². The number of likely N-dealkylation sites (tertiary alicyclic amines) is 1. The van der Waals surface area contributed by atoms with E-state index in [0.717, 1.165) is 32.3 Å². The summed E-state index contributed by atoms with van der Waals surface area (Å²) in [4.78, 5) is 2.34. The molecule has 0 radical (unpaired) electrons. The molecule has 0 unspecified atom stereocenters. The Kier molecular flexibility index (Phi) is 4.37. The standard InChI is InChI=1S/C13H19NO3S/c1-18(15,16)17-11-13-7-8-14(10-13)9-12-5-3-2-4-6-12/h2-6,13H,7-11H2,1H3/t13-/m1/s1. The van der Waals surface area contributed by atoms with Gasteiger partial charge in [0.25, 0.3) is 10.1 Å². The van der Waals surface area contributed by atoms with E-state index in [4.69, 9.17) is 4.18 Å². The molecule has 18 heavy (non-hydrogen) atoms. The van der Waals surface area contributed by atoms with Crippen molar-refractivity contribution < 1.29 is 12.6 Å². The van der Waals surface area contributed by atoms with E-state index in [2.05, 4.69) is 17.0 Å². The van der Waals surface area contributed by atoms with E-state index in [0.29, 0.717) is 12.5 Å². The molecule has 0 amide bonds. The van der Waals surface area contributed by atoms with Crippen LogP contribution in [0.4, 0.5) is 0 Å². The number of nitrogens with zero attached hydrogens (tertiary/aromatic N) is 1. The van der Waals surface area contributed by atoms with Gasteiger partial charge >= 0.3 is 0 Å². The quantitative estimate of drug-likeness (QED) is 0.760. The third-order valence-electron chi connectivity index (χ3n) is 3.14. The van der Waals surface area contributed by atoms with Gasteiger partial charge in [-0.15, -0.1) is 0 Å². The van der Waals surface area contributed by atoms with Gasteiger partial charge in [0.2, 0.25) is 0 Å². The summed E-state index contributed by atoms with van der Waals surface area (Å²) in [6.07, 6.45) is 2.10. The van der Waals surface area contributed by atoms with Crippen LogP contribution in [0.2, 0.25) is 0 Å². The molecule has 1 saturated heterocycles. The molecule has 1 aromatic carbocycles. The van der Waals surface area contributed by atoms with Crippen LogP contribution in [0.15, 0.2) is 30.3 Å². The van der Waals surface area contributed by atoms with Crippen LogP contribution in [-0.4, -0.2) is 39.3 Å². The Hall–Kier alpha value is -0.910. The van der Waals surface area contributed by atoms with Crippen molar-refractivity contribution in [3.05, 3.63) is 35.9 Å². The normalized spacial score (nSPS) is 21.3. The molecule has 4 nitrogen and oxygen atoms in total. The summed E-state index contributed by atoms with van der Waals surface area (Å²) in [7, 11) is -3.31. The van der Waals surface area contributed by atoms with Gasteiger partial charge in [-0.2, -0.15) is 8.42 Å². The summed E-state index contributed by atoms with van der Waals surface area (Å²) in [5.41, 5.74) is 1.29. The maximum Gasteiger partial charge on any atom is 0.264 e. The smallest absolute Gasteiger partial charge is 0.264 e. The van der Waals surface area contributed by atoms with Crippen molar-refractivity contribution in [2.24, 2.45) is 5.92 Å². The first kappa shape index (κ1) is 13.5. The fraction of sp³-hybridized carbons (Fsp3) is 0.538. The van der Waals surface area contributed by atoms with Crippen molar-refractivity contribution in [2.45, 2.75) is 13.0 Å². The molecular weight excluding hydrogens is 250 g/mol. The summed E-state index contributed by atoms with van der Waals surface area (Å²) in [5, 5.41) is 0. The van der Waals surface area contributed by atoms with E-state index >= 15 is 0 Å². The molecule has 1 fully saturated rings. The first-order valence-corrected chi connectivity index (χ1v) is 7.95. The zero-order valence-electron chi connectivity index (χ0n) is 10.6. The summed E-state index contributed by atoms with van der Waals surface area (Å²) in [6.45, 7) is 3.15. The van der Waals surface area contributed by atoms with Gasteiger partial charge < -0.3 is 0 Å². The van der Waals surface area contributed by atoms with Gasteiger partial charge in [-0.1, -0.05) is 30.3 Å². The zero-order chi connectivity index (χ0) is 13.0. The molecule has 0 aliphatic carbocycles. The lowest BCUT2D eigenvalue weighted by Gasteiger charge is -2.15. The third kappa shape index (κ3) is 4.40. The number of benzene rings is 1. The molecule has 0 saturated carbocycles. The predicted octanol–water partition coefficient (Wildman–Crippen LogP) is 1.48. The molecule has 1 atom stereocenters. The highest BCUT2D eigenvalue weighted by molar-refractivity contribution is 7.85. The first-order valence-electron chi connectivity index (χ1n) is 6.13. The Morgan fingerprint density at radius 3 is 2.72 bits per heavy atom. The van der Waals surface area contributed by atoms with Gasteiger partial charge in [0.05, 0.1) is 12.9 Å². The Morgan fingerprint density at radius 2 is 2.06 bits per heavy atom. The van der Waals surface area contributed by atoms with Crippen LogP contribution in [0.1, 0.15) is 12.0 Å². The van der Waals surface area contributed by atoms with E-state index in [1.807, 2.05) is 18.2 Å².